The zero-order valence-corrected chi connectivity index (χ0v) is 12.5. The molecule has 1 aromatic carbocycles. The van der Waals surface area contributed by atoms with Gasteiger partial charge in [-0.2, -0.15) is 0 Å². The lowest BCUT2D eigenvalue weighted by molar-refractivity contribution is 0.198. The van der Waals surface area contributed by atoms with Gasteiger partial charge in [0.15, 0.2) is 0 Å². The van der Waals surface area contributed by atoms with Crippen LogP contribution in [0.2, 0.25) is 5.02 Å². The summed E-state index contributed by atoms with van der Waals surface area (Å²) in [4.78, 5) is 2.19. The number of nitrogens with one attached hydrogen (secondary N) is 1. The number of para-hydroxylation sites is 1. The first kappa shape index (κ1) is 14.6. The highest BCUT2D eigenvalue weighted by Crippen LogP contribution is 2.32. The maximum absolute atomic E-state index is 9.69. The van der Waals surface area contributed by atoms with E-state index in [9.17, 15) is 5.11 Å². The minimum Gasteiger partial charge on any atom is -0.391 e. The van der Waals surface area contributed by atoms with Gasteiger partial charge in [-0.25, -0.2) is 0 Å². The van der Waals surface area contributed by atoms with Crippen LogP contribution in [0.25, 0.3) is 0 Å². The number of anilines is 1. The third-order valence-electron chi connectivity index (χ3n) is 3.42. The minimum atomic E-state index is -0.229. The van der Waals surface area contributed by atoms with Gasteiger partial charge < -0.3 is 15.3 Å². The first-order valence-corrected chi connectivity index (χ1v) is 7.37. The van der Waals surface area contributed by atoms with Crippen molar-refractivity contribution in [3.05, 3.63) is 28.8 Å². The Hall–Kier alpha value is -0.770. The van der Waals surface area contributed by atoms with E-state index in [1.165, 1.54) is 5.56 Å². The van der Waals surface area contributed by atoms with Crippen molar-refractivity contribution < 1.29 is 5.11 Å². The molecule has 1 saturated heterocycles. The van der Waals surface area contributed by atoms with Crippen molar-refractivity contribution in [2.24, 2.45) is 5.92 Å². The standard InChI is InChI=1S/C15H23ClN2O/c1-11(2)8-17-9-12-4-3-5-14(16)15(12)18-7-6-13(19)10-18/h3-5,11,13,17,19H,6-10H2,1-2H3. The van der Waals surface area contributed by atoms with Gasteiger partial charge >= 0.3 is 0 Å². The first-order chi connectivity index (χ1) is 9.08. The maximum Gasteiger partial charge on any atom is 0.0731 e. The fourth-order valence-corrected chi connectivity index (χ4v) is 2.81. The Bertz CT molecular complexity index is 423. The molecular weight excluding hydrogens is 260 g/mol. The number of nitrogens with zero attached hydrogens (tertiary/aromatic N) is 1. The zero-order valence-electron chi connectivity index (χ0n) is 11.7. The summed E-state index contributed by atoms with van der Waals surface area (Å²) in [5.41, 5.74) is 2.29. The molecule has 19 heavy (non-hydrogen) atoms. The van der Waals surface area contributed by atoms with Gasteiger partial charge in [0.05, 0.1) is 16.8 Å². The molecule has 1 aromatic rings. The number of hydrogen-bond donors (Lipinski definition) is 2. The van der Waals surface area contributed by atoms with Crippen LogP contribution in [0, 0.1) is 5.92 Å². The van der Waals surface area contributed by atoms with E-state index in [-0.39, 0.29) is 6.10 Å². The van der Waals surface area contributed by atoms with Crippen LogP contribution in [0.15, 0.2) is 18.2 Å². The van der Waals surface area contributed by atoms with Crippen LogP contribution < -0.4 is 10.2 Å². The molecule has 0 saturated carbocycles. The van der Waals surface area contributed by atoms with E-state index in [2.05, 4.69) is 30.1 Å². The van der Waals surface area contributed by atoms with Gasteiger partial charge in [0.1, 0.15) is 0 Å². The predicted molar refractivity (Wildman–Crippen MR) is 80.8 cm³/mol. The molecule has 1 unspecified atom stereocenters. The van der Waals surface area contributed by atoms with E-state index in [0.29, 0.717) is 12.5 Å². The topological polar surface area (TPSA) is 35.5 Å². The molecule has 0 radical (unpaired) electrons. The molecule has 1 aliphatic heterocycles. The number of benzene rings is 1. The van der Waals surface area contributed by atoms with E-state index >= 15 is 0 Å². The average molecular weight is 283 g/mol. The summed E-state index contributed by atoms with van der Waals surface area (Å²) in [5.74, 6) is 0.635. The Balaban J connectivity index is 2.11. The number of aliphatic hydroxyl groups excluding tert-OH is 1. The summed E-state index contributed by atoms with van der Waals surface area (Å²) in [7, 11) is 0. The second-order valence-electron chi connectivity index (χ2n) is 5.66. The van der Waals surface area contributed by atoms with Crippen molar-refractivity contribution in [3.8, 4) is 0 Å². The highest BCUT2D eigenvalue weighted by molar-refractivity contribution is 6.33. The zero-order chi connectivity index (χ0) is 13.8. The molecule has 0 aromatic heterocycles. The molecule has 0 amide bonds. The number of hydrogen-bond acceptors (Lipinski definition) is 3. The molecule has 2 N–H and O–H groups in total. The largest absolute Gasteiger partial charge is 0.391 e. The summed E-state index contributed by atoms with van der Waals surface area (Å²) in [6, 6.07) is 6.03. The molecule has 0 spiro atoms. The average Bonchev–Trinajstić information content (AvgIpc) is 2.75. The lowest BCUT2D eigenvalue weighted by Crippen LogP contribution is -2.25. The Labute approximate surface area is 120 Å². The maximum atomic E-state index is 9.69. The van der Waals surface area contributed by atoms with E-state index in [1.807, 2.05) is 12.1 Å². The monoisotopic (exact) mass is 282 g/mol. The number of rotatable bonds is 5. The fourth-order valence-electron chi connectivity index (χ4n) is 2.50. The van der Waals surface area contributed by atoms with Crippen molar-refractivity contribution in [2.75, 3.05) is 24.5 Å². The number of halogens is 1. The van der Waals surface area contributed by atoms with Crippen molar-refractivity contribution in [2.45, 2.75) is 32.9 Å². The van der Waals surface area contributed by atoms with Gasteiger partial charge in [0.25, 0.3) is 0 Å². The Morgan fingerprint density at radius 3 is 2.89 bits per heavy atom. The van der Waals surface area contributed by atoms with Gasteiger partial charge in [0.2, 0.25) is 0 Å². The summed E-state index contributed by atoms with van der Waals surface area (Å²) in [6.45, 7) is 7.77. The second kappa shape index (κ2) is 6.60. The molecule has 4 heteroatoms. The SMILES string of the molecule is CC(C)CNCc1cccc(Cl)c1N1CCC(O)C1. The van der Waals surface area contributed by atoms with Gasteiger partial charge in [0, 0.05) is 19.6 Å². The summed E-state index contributed by atoms with van der Waals surface area (Å²) in [5, 5.41) is 13.9. The Morgan fingerprint density at radius 2 is 2.26 bits per heavy atom. The highest BCUT2D eigenvalue weighted by Gasteiger charge is 2.23. The lowest BCUT2D eigenvalue weighted by atomic mass is 10.1. The van der Waals surface area contributed by atoms with Gasteiger partial charge in [-0.15, -0.1) is 0 Å². The van der Waals surface area contributed by atoms with Crippen LogP contribution in [0.1, 0.15) is 25.8 Å². The lowest BCUT2D eigenvalue weighted by Gasteiger charge is -2.23. The van der Waals surface area contributed by atoms with Crippen LogP contribution in [-0.4, -0.2) is 30.8 Å². The van der Waals surface area contributed by atoms with E-state index in [4.69, 9.17) is 11.6 Å². The van der Waals surface area contributed by atoms with E-state index in [0.717, 1.165) is 36.8 Å². The smallest absolute Gasteiger partial charge is 0.0731 e. The molecule has 0 bridgehead atoms. The molecule has 0 aliphatic carbocycles. The Morgan fingerprint density at radius 1 is 1.47 bits per heavy atom. The van der Waals surface area contributed by atoms with Crippen LogP contribution in [0.5, 0.6) is 0 Å². The van der Waals surface area contributed by atoms with E-state index in [1.54, 1.807) is 0 Å². The van der Waals surface area contributed by atoms with Crippen molar-refractivity contribution in [1.82, 2.24) is 5.32 Å². The van der Waals surface area contributed by atoms with Gasteiger partial charge in [-0.05, 0) is 30.5 Å². The molecule has 106 valence electrons. The van der Waals surface area contributed by atoms with Crippen molar-refractivity contribution >= 4 is 17.3 Å². The normalized spacial score (nSPS) is 19.4. The van der Waals surface area contributed by atoms with Gasteiger partial charge in [-0.3, -0.25) is 0 Å². The van der Waals surface area contributed by atoms with E-state index < -0.39 is 0 Å². The molecule has 1 aliphatic rings. The minimum absolute atomic E-state index is 0.229. The van der Waals surface area contributed by atoms with Crippen LogP contribution in [0.3, 0.4) is 0 Å². The number of aliphatic hydroxyl groups is 1. The highest BCUT2D eigenvalue weighted by atomic mass is 35.5. The third-order valence-corrected chi connectivity index (χ3v) is 3.72. The quantitative estimate of drug-likeness (QED) is 0.872. The van der Waals surface area contributed by atoms with Crippen LogP contribution >= 0.6 is 11.6 Å². The molecule has 3 nitrogen and oxygen atoms in total. The van der Waals surface area contributed by atoms with Crippen LogP contribution in [-0.2, 0) is 6.54 Å². The third kappa shape index (κ3) is 3.85. The van der Waals surface area contributed by atoms with Crippen molar-refractivity contribution in [1.29, 1.82) is 0 Å². The second-order valence-corrected chi connectivity index (χ2v) is 6.07. The summed E-state index contributed by atoms with van der Waals surface area (Å²) >= 11 is 6.35. The summed E-state index contributed by atoms with van der Waals surface area (Å²) in [6.07, 6.45) is 0.595. The molecule has 1 fully saturated rings. The van der Waals surface area contributed by atoms with Gasteiger partial charge in [-0.1, -0.05) is 37.6 Å². The molecule has 1 heterocycles. The first-order valence-electron chi connectivity index (χ1n) is 6.99. The predicted octanol–water partition coefficient (Wildman–Crippen LogP) is 2.66. The fraction of sp³-hybridized carbons (Fsp3) is 0.600. The molecule has 1 atom stereocenters. The number of β-amino-alcohol motifs (C(OH)–C–C–N with tert-alkyl or cyclic N) is 1. The molecule has 2 rings (SSSR count). The van der Waals surface area contributed by atoms with Crippen molar-refractivity contribution in [3.63, 3.8) is 0 Å². The summed E-state index contributed by atoms with van der Waals surface area (Å²) < 4.78 is 0. The molecular formula is C15H23ClN2O. The Kier molecular flexibility index (Phi) is 5.08. The van der Waals surface area contributed by atoms with Crippen LogP contribution in [0.4, 0.5) is 5.69 Å².